The molecule has 0 aliphatic carbocycles. The molecule has 0 radical (unpaired) electrons. The third kappa shape index (κ3) is 2.86. The molecule has 2 aromatic rings. The summed E-state index contributed by atoms with van der Waals surface area (Å²) in [5.41, 5.74) is -0.752. The van der Waals surface area contributed by atoms with Gasteiger partial charge in [-0.25, -0.2) is 0 Å². The predicted molar refractivity (Wildman–Crippen MR) is 64.6 cm³/mol. The second-order valence-corrected chi connectivity index (χ2v) is 5.64. The Morgan fingerprint density at radius 3 is 2.56 bits per heavy atom. The summed E-state index contributed by atoms with van der Waals surface area (Å²) in [5, 5.41) is 10.8. The van der Waals surface area contributed by atoms with E-state index in [0.717, 1.165) is 16.3 Å². The van der Waals surface area contributed by atoms with E-state index in [9.17, 15) is 13.2 Å². The van der Waals surface area contributed by atoms with Crippen molar-refractivity contribution in [2.75, 3.05) is 0 Å². The molecule has 92 valence electrons. The molecule has 0 unspecified atom stereocenters. The molecule has 6 heteroatoms. The Hall–Kier alpha value is -1.45. The second kappa shape index (κ2) is 5.04. The zero-order valence-electron chi connectivity index (χ0n) is 8.86. The molecule has 0 amide bonds. The van der Waals surface area contributed by atoms with Crippen molar-refractivity contribution in [3.8, 4) is 6.07 Å². The summed E-state index contributed by atoms with van der Waals surface area (Å²) in [6, 6.07) is 8.73. The number of alkyl halides is 3. The second-order valence-electron chi connectivity index (χ2n) is 3.35. The summed E-state index contributed by atoms with van der Waals surface area (Å²) in [4.78, 5) is 0.535. The predicted octanol–water partition coefficient (Wildman–Crippen LogP) is 4.79. The number of nitrogens with zero attached hydrogens (tertiary/aromatic N) is 1. The fourth-order valence-electron chi connectivity index (χ4n) is 1.31. The topological polar surface area (TPSA) is 23.8 Å². The van der Waals surface area contributed by atoms with Crippen LogP contribution in [0.1, 0.15) is 11.1 Å². The summed E-state index contributed by atoms with van der Waals surface area (Å²) in [5.74, 6) is 0. The number of hydrogen-bond acceptors (Lipinski definition) is 3. The van der Waals surface area contributed by atoms with Crippen molar-refractivity contribution >= 4 is 23.1 Å². The van der Waals surface area contributed by atoms with E-state index in [-0.39, 0.29) is 5.56 Å². The molecule has 0 aliphatic heterocycles. The van der Waals surface area contributed by atoms with Gasteiger partial charge in [0.05, 0.1) is 15.3 Å². The van der Waals surface area contributed by atoms with E-state index >= 15 is 0 Å². The van der Waals surface area contributed by atoms with Gasteiger partial charge in [0.15, 0.2) is 0 Å². The van der Waals surface area contributed by atoms with Crippen LogP contribution in [0.3, 0.4) is 0 Å². The lowest BCUT2D eigenvalue weighted by Gasteiger charge is -2.08. The summed E-state index contributed by atoms with van der Waals surface area (Å²) in [7, 11) is 0. The highest BCUT2D eigenvalue weighted by Crippen LogP contribution is 2.36. The van der Waals surface area contributed by atoms with Crippen molar-refractivity contribution in [3.63, 3.8) is 0 Å². The van der Waals surface area contributed by atoms with Crippen LogP contribution >= 0.6 is 23.1 Å². The maximum Gasteiger partial charge on any atom is 0.416 e. The smallest absolute Gasteiger partial charge is 0.192 e. The van der Waals surface area contributed by atoms with Crippen LogP contribution in [0, 0.1) is 11.3 Å². The molecule has 0 fully saturated rings. The third-order valence-corrected chi connectivity index (χ3v) is 4.25. The Kier molecular flexibility index (Phi) is 3.64. The first-order chi connectivity index (χ1) is 8.50. The van der Waals surface area contributed by atoms with Gasteiger partial charge < -0.3 is 0 Å². The third-order valence-electron chi connectivity index (χ3n) is 2.13. The van der Waals surface area contributed by atoms with Crippen molar-refractivity contribution in [2.24, 2.45) is 0 Å². The average Bonchev–Trinajstić information content (AvgIpc) is 2.81. The monoisotopic (exact) mass is 285 g/mol. The zero-order valence-corrected chi connectivity index (χ0v) is 10.5. The molecule has 2 rings (SSSR count). The van der Waals surface area contributed by atoms with Crippen LogP contribution in [0.5, 0.6) is 0 Å². The lowest BCUT2D eigenvalue weighted by molar-refractivity contribution is -0.137. The molecular weight excluding hydrogens is 279 g/mol. The zero-order chi connectivity index (χ0) is 13.2. The Balaban J connectivity index is 2.36. The quantitative estimate of drug-likeness (QED) is 0.792. The minimum atomic E-state index is -4.42. The van der Waals surface area contributed by atoms with E-state index in [4.69, 9.17) is 5.26 Å². The Morgan fingerprint density at radius 1 is 1.22 bits per heavy atom. The highest BCUT2D eigenvalue weighted by atomic mass is 32.2. The van der Waals surface area contributed by atoms with Crippen LogP contribution in [0.4, 0.5) is 13.2 Å². The maximum atomic E-state index is 12.5. The van der Waals surface area contributed by atoms with E-state index in [2.05, 4.69) is 0 Å². The van der Waals surface area contributed by atoms with E-state index in [1.54, 1.807) is 6.07 Å². The van der Waals surface area contributed by atoms with Crippen molar-refractivity contribution in [1.82, 2.24) is 0 Å². The molecule has 0 atom stereocenters. The number of benzene rings is 1. The summed E-state index contributed by atoms with van der Waals surface area (Å²) in [6.45, 7) is 0. The van der Waals surface area contributed by atoms with Crippen molar-refractivity contribution in [1.29, 1.82) is 5.26 Å². The molecule has 1 nitrogen and oxygen atoms in total. The van der Waals surface area contributed by atoms with Crippen LogP contribution in [-0.2, 0) is 6.18 Å². The SMILES string of the molecule is N#Cc1cc(C(F)(F)F)ccc1Sc1cccs1. The van der Waals surface area contributed by atoms with E-state index in [1.807, 2.05) is 17.5 Å². The Bertz CT molecular complexity index is 582. The standard InChI is InChI=1S/C12H6F3NS2/c13-12(14,15)9-3-4-10(8(6-9)7-16)18-11-2-1-5-17-11/h1-6H. The molecular formula is C12H6F3NS2. The molecule has 0 N–H and O–H groups in total. The molecule has 1 aromatic heterocycles. The van der Waals surface area contributed by atoms with Crippen molar-refractivity contribution in [3.05, 3.63) is 46.8 Å². The lowest BCUT2D eigenvalue weighted by Crippen LogP contribution is -2.05. The van der Waals surface area contributed by atoms with Gasteiger partial charge in [-0.1, -0.05) is 17.8 Å². The fourth-order valence-corrected chi connectivity index (χ4v) is 3.10. The summed E-state index contributed by atoms with van der Waals surface area (Å²) in [6.07, 6.45) is -4.42. The Labute approximate surface area is 110 Å². The van der Waals surface area contributed by atoms with Gasteiger partial charge in [0.1, 0.15) is 6.07 Å². The number of nitriles is 1. The van der Waals surface area contributed by atoms with Crippen molar-refractivity contribution in [2.45, 2.75) is 15.3 Å². The number of halogens is 3. The molecule has 0 aliphatic rings. The lowest BCUT2D eigenvalue weighted by atomic mass is 10.1. The first-order valence-corrected chi connectivity index (χ1v) is 6.53. The molecule has 0 saturated carbocycles. The van der Waals surface area contributed by atoms with Crippen LogP contribution in [0.15, 0.2) is 44.8 Å². The largest absolute Gasteiger partial charge is 0.416 e. The molecule has 1 aromatic carbocycles. The van der Waals surface area contributed by atoms with Crippen LogP contribution in [0.2, 0.25) is 0 Å². The highest BCUT2D eigenvalue weighted by molar-refractivity contribution is 8.01. The van der Waals surface area contributed by atoms with Gasteiger partial charge in [0.2, 0.25) is 0 Å². The number of hydrogen-bond donors (Lipinski definition) is 0. The minimum absolute atomic E-state index is 0.0447. The van der Waals surface area contributed by atoms with Gasteiger partial charge in [0, 0.05) is 4.90 Å². The minimum Gasteiger partial charge on any atom is -0.192 e. The number of rotatable bonds is 2. The average molecular weight is 285 g/mol. The van der Waals surface area contributed by atoms with Gasteiger partial charge in [-0.05, 0) is 29.6 Å². The van der Waals surface area contributed by atoms with Crippen LogP contribution < -0.4 is 0 Å². The summed E-state index contributed by atoms with van der Waals surface area (Å²) >= 11 is 2.77. The molecule has 0 bridgehead atoms. The molecule has 1 heterocycles. The van der Waals surface area contributed by atoms with E-state index < -0.39 is 11.7 Å². The van der Waals surface area contributed by atoms with E-state index in [1.165, 1.54) is 29.2 Å². The van der Waals surface area contributed by atoms with Gasteiger partial charge >= 0.3 is 6.18 Å². The first-order valence-electron chi connectivity index (χ1n) is 4.83. The van der Waals surface area contributed by atoms with Gasteiger partial charge in [-0.2, -0.15) is 18.4 Å². The van der Waals surface area contributed by atoms with Gasteiger partial charge in [0.25, 0.3) is 0 Å². The normalized spacial score (nSPS) is 11.2. The van der Waals surface area contributed by atoms with Crippen LogP contribution in [0.25, 0.3) is 0 Å². The van der Waals surface area contributed by atoms with Crippen LogP contribution in [-0.4, -0.2) is 0 Å². The Morgan fingerprint density at radius 2 is 2.00 bits per heavy atom. The van der Waals surface area contributed by atoms with Gasteiger partial charge in [-0.15, -0.1) is 11.3 Å². The molecule has 0 saturated heterocycles. The number of thiophene rings is 1. The highest BCUT2D eigenvalue weighted by Gasteiger charge is 2.31. The molecule has 18 heavy (non-hydrogen) atoms. The fraction of sp³-hybridized carbons (Fsp3) is 0.0833. The maximum absolute atomic E-state index is 12.5. The van der Waals surface area contributed by atoms with Gasteiger partial charge in [-0.3, -0.25) is 0 Å². The first kappa shape index (κ1) is 13.0. The van der Waals surface area contributed by atoms with E-state index in [0.29, 0.717) is 4.90 Å². The molecule has 0 spiro atoms. The summed E-state index contributed by atoms with van der Waals surface area (Å²) < 4.78 is 38.4. The van der Waals surface area contributed by atoms with Crippen molar-refractivity contribution < 1.29 is 13.2 Å².